The van der Waals surface area contributed by atoms with E-state index in [1.165, 1.54) is 11.8 Å². The molecule has 24 heavy (non-hydrogen) atoms. The average molecular weight is 349 g/mol. The fourth-order valence-corrected chi connectivity index (χ4v) is 2.55. The zero-order chi connectivity index (χ0) is 17.4. The van der Waals surface area contributed by atoms with E-state index >= 15 is 0 Å². The highest BCUT2D eigenvalue weighted by Crippen LogP contribution is 2.23. The van der Waals surface area contributed by atoms with Crippen LogP contribution in [0.25, 0.3) is 11.5 Å². The van der Waals surface area contributed by atoms with Gasteiger partial charge in [-0.3, -0.25) is 4.79 Å². The van der Waals surface area contributed by atoms with E-state index in [-0.39, 0.29) is 17.8 Å². The summed E-state index contributed by atoms with van der Waals surface area (Å²) < 4.78 is 11.0. The number of aromatic nitrogens is 2. The van der Waals surface area contributed by atoms with Crippen LogP contribution in [0.15, 0.2) is 33.9 Å². The number of ether oxygens (including phenoxy) is 1. The number of hydrogen-bond acceptors (Lipinski definition) is 6. The number of rotatable bonds is 9. The molecule has 0 fully saturated rings. The van der Waals surface area contributed by atoms with Gasteiger partial charge in [0.2, 0.25) is 11.8 Å². The first-order valence-electron chi connectivity index (χ1n) is 7.96. The highest BCUT2D eigenvalue weighted by Gasteiger charge is 2.11. The van der Waals surface area contributed by atoms with Gasteiger partial charge in [0.05, 0.1) is 11.9 Å². The van der Waals surface area contributed by atoms with Gasteiger partial charge in [-0.05, 0) is 39.3 Å². The molecule has 0 atom stereocenters. The van der Waals surface area contributed by atoms with Gasteiger partial charge in [0, 0.05) is 18.7 Å². The second-order valence-corrected chi connectivity index (χ2v) is 6.58. The van der Waals surface area contributed by atoms with Crippen molar-refractivity contribution in [1.29, 1.82) is 0 Å². The summed E-state index contributed by atoms with van der Waals surface area (Å²) in [6.07, 6.45) is 1.02. The summed E-state index contributed by atoms with van der Waals surface area (Å²) in [5, 5.41) is 11.2. The molecule has 1 amide bonds. The molecule has 1 aromatic carbocycles. The molecule has 1 aromatic heterocycles. The fraction of sp³-hybridized carbons (Fsp3) is 0.471. The lowest BCUT2D eigenvalue weighted by Gasteiger charge is -2.07. The summed E-state index contributed by atoms with van der Waals surface area (Å²) in [5.74, 6) is 0.660. The van der Waals surface area contributed by atoms with E-state index < -0.39 is 0 Å². The van der Waals surface area contributed by atoms with Crippen molar-refractivity contribution in [2.24, 2.45) is 0 Å². The maximum absolute atomic E-state index is 11.8. The van der Waals surface area contributed by atoms with Crippen molar-refractivity contribution in [2.75, 3.05) is 18.9 Å². The Labute approximate surface area is 146 Å². The van der Waals surface area contributed by atoms with Crippen LogP contribution in [0, 0.1) is 6.92 Å². The minimum atomic E-state index is -0.0557. The third kappa shape index (κ3) is 6.33. The first kappa shape index (κ1) is 18.5. The van der Waals surface area contributed by atoms with Gasteiger partial charge in [0.25, 0.3) is 5.22 Å². The van der Waals surface area contributed by atoms with Crippen LogP contribution in [0.5, 0.6) is 0 Å². The van der Waals surface area contributed by atoms with Crippen molar-refractivity contribution in [1.82, 2.24) is 15.5 Å². The Morgan fingerprint density at radius 1 is 1.38 bits per heavy atom. The van der Waals surface area contributed by atoms with Crippen molar-refractivity contribution in [2.45, 2.75) is 38.5 Å². The van der Waals surface area contributed by atoms with E-state index in [0.717, 1.165) is 17.5 Å². The van der Waals surface area contributed by atoms with Gasteiger partial charge in [-0.2, -0.15) is 0 Å². The number of carbonyl (C=O) groups excluding carboxylic acids is 1. The van der Waals surface area contributed by atoms with E-state index in [9.17, 15) is 4.79 Å². The van der Waals surface area contributed by atoms with Crippen molar-refractivity contribution >= 4 is 17.7 Å². The number of amides is 1. The molecule has 0 unspecified atom stereocenters. The van der Waals surface area contributed by atoms with E-state index in [4.69, 9.17) is 9.15 Å². The quantitative estimate of drug-likeness (QED) is 0.554. The molecule has 2 rings (SSSR count). The Hall–Kier alpha value is -1.86. The molecular formula is C17H23N3O3S. The SMILES string of the molecule is Cc1cccc(-c2nnc(SCC(=O)NCCCOC(C)C)o2)c1. The molecule has 0 aliphatic carbocycles. The van der Waals surface area contributed by atoms with E-state index in [2.05, 4.69) is 15.5 Å². The zero-order valence-corrected chi connectivity index (χ0v) is 15.1. The Bertz CT molecular complexity index is 658. The Kier molecular flexibility index (Phi) is 7.27. The molecule has 0 bridgehead atoms. The topological polar surface area (TPSA) is 77.2 Å². The molecule has 0 radical (unpaired) electrons. The first-order valence-corrected chi connectivity index (χ1v) is 8.95. The predicted molar refractivity (Wildman–Crippen MR) is 93.9 cm³/mol. The summed E-state index contributed by atoms with van der Waals surface area (Å²) in [7, 11) is 0. The number of thioether (sulfide) groups is 1. The molecule has 130 valence electrons. The second-order valence-electron chi connectivity index (χ2n) is 5.65. The van der Waals surface area contributed by atoms with Crippen LogP contribution in [-0.4, -0.2) is 41.1 Å². The van der Waals surface area contributed by atoms with Crippen molar-refractivity contribution in [3.05, 3.63) is 29.8 Å². The van der Waals surface area contributed by atoms with Gasteiger partial charge < -0.3 is 14.5 Å². The minimum absolute atomic E-state index is 0.0557. The van der Waals surface area contributed by atoms with Crippen LogP contribution in [0.2, 0.25) is 0 Å². The Balaban J connectivity index is 1.72. The molecule has 0 saturated carbocycles. The highest BCUT2D eigenvalue weighted by atomic mass is 32.2. The normalized spacial score (nSPS) is 11.0. The number of hydrogen-bond donors (Lipinski definition) is 1. The molecule has 0 saturated heterocycles. The Morgan fingerprint density at radius 3 is 2.96 bits per heavy atom. The molecule has 7 heteroatoms. The zero-order valence-electron chi connectivity index (χ0n) is 14.2. The van der Waals surface area contributed by atoms with Crippen LogP contribution in [0.3, 0.4) is 0 Å². The fourth-order valence-electron chi connectivity index (χ4n) is 1.96. The summed E-state index contributed by atoms with van der Waals surface area (Å²) in [6.45, 7) is 7.24. The summed E-state index contributed by atoms with van der Waals surface area (Å²) >= 11 is 1.23. The minimum Gasteiger partial charge on any atom is -0.411 e. The first-order chi connectivity index (χ1) is 11.5. The van der Waals surface area contributed by atoms with Gasteiger partial charge in [0.15, 0.2) is 0 Å². The standard InChI is InChI=1S/C17H23N3O3S/c1-12(2)22-9-5-8-18-15(21)11-24-17-20-19-16(23-17)14-7-4-6-13(3)10-14/h4,6-7,10,12H,5,8-9,11H2,1-3H3,(H,18,21). The van der Waals surface area contributed by atoms with Gasteiger partial charge in [-0.15, -0.1) is 10.2 Å². The number of benzene rings is 1. The van der Waals surface area contributed by atoms with Crippen molar-refractivity contribution in [3.63, 3.8) is 0 Å². The van der Waals surface area contributed by atoms with Gasteiger partial charge in [-0.1, -0.05) is 29.5 Å². The molecule has 1 heterocycles. The lowest BCUT2D eigenvalue weighted by molar-refractivity contribution is -0.118. The number of carbonyl (C=O) groups is 1. The smallest absolute Gasteiger partial charge is 0.277 e. The molecule has 0 aliphatic rings. The van der Waals surface area contributed by atoms with Crippen molar-refractivity contribution < 1.29 is 13.9 Å². The van der Waals surface area contributed by atoms with Crippen molar-refractivity contribution in [3.8, 4) is 11.5 Å². The van der Waals surface area contributed by atoms with Crippen LogP contribution < -0.4 is 5.32 Å². The summed E-state index contributed by atoms with van der Waals surface area (Å²) in [6, 6.07) is 7.85. The summed E-state index contributed by atoms with van der Waals surface area (Å²) in [5.41, 5.74) is 2.00. The predicted octanol–water partition coefficient (Wildman–Crippen LogP) is 3.07. The van der Waals surface area contributed by atoms with Gasteiger partial charge in [-0.25, -0.2) is 0 Å². The average Bonchev–Trinajstić information content (AvgIpc) is 3.01. The molecule has 1 N–H and O–H groups in total. The molecule has 0 aliphatic heterocycles. The molecule has 6 nitrogen and oxygen atoms in total. The monoisotopic (exact) mass is 349 g/mol. The molecule has 2 aromatic rings. The van der Waals surface area contributed by atoms with E-state index in [1.54, 1.807) is 0 Å². The van der Waals surface area contributed by atoms with Crippen LogP contribution >= 0.6 is 11.8 Å². The maximum atomic E-state index is 11.8. The number of aryl methyl sites for hydroxylation is 1. The lowest BCUT2D eigenvalue weighted by Crippen LogP contribution is -2.27. The third-order valence-corrected chi connectivity index (χ3v) is 3.91. The van der Waals surface area contributed by atoms with Crippen LogP contribution in [0.1, 0.15) is 25.8 Å². The second kappa shape index (κ2) is 9.44. The van der Waals surface area contributed by atoms with Crippen LogP contribution in [-0.2, 0) is 9.53 Å². The highest BCUT2D eigenvalue weighted by molar-refractivity contribution is 7.99. The largest absolute Gasteiger partial charge is 0.411 e. The van der Waals surface area contributed by atoms with Gasteiger partial charge >= 0.3 is 0 Å². The Morgan fingerprint density at radius 2 is 2.21 bits per heavy atom. The maximum Gasteiger partial charge on any atom is 0.277 e. The third-order valence-electron chi connectivity index (χ3n) is 3.09. The number of nitrogens with zero attached hydrogens (tertiary/aromatic N) is 2. The van der Waals surface area contributed by atoms with E-state index in [0.29, 0.717) is 24.3 Å². The number of nitrogens with one attached hydrogen (secondary N) is 1. The van der Waals surface area contributed by atoms with Gasteiger partial charge in [0.1, 0.15) is 0 Å². The molecular weight excluding hydrogens is 326 g/mol. The van der Waals surface area contributed by atoms with E-state index in [1.807, 2.05) is 45.0 Å². The summed E-state index contributed by atoms with van der Waals surface area (Å²) in [4.78, 5) is 11.8. The van der Waals surface area contributed by atoms with Crippen LogP contribution in [0.4, 0.5) is 0 Å². The molecule has 0 spiro atoms. The lowest BCUT2D eigenvalue weighted by atomic mass is 10.1.